The van der Waals surface area contributed by atoms with Crippen molar-refractivity contribution in [2.75, 3.05) is 5.73 Å². The first-order valence-electron chi connectivity index (χ1n) is 5.66. The predicted molar refractivity (Wildman–Crippen MR) is 62.5 cm³/mol. The van der Waals surface area contributed by atoms with Gasteiger partial charge in [0.25, 0.3) is 0 Å². The number of nitrogen functional groups attached to an aromatic ring is 1. The molecular formula is C12H20N3. The van der Waals surface area contributed by atoms with Crippen LogP contribution in [0.5, 0.6) is 0 Å². The summed E-state index contributed by atoms with van der Waals surface area (Å²) in [6.45, 7) is 6.38. The number of anilines is 1. The number of hydrogen-bond acceptors (Lipinski definition) is 2. The molecule has 3 nitrogen and oxygen atoms in total. The highest BCUT2D eigenvalue weighted by molar-refractivity contribution is 5.34. The van der Waals surface area contributed by atoms with Gasteiger partial charge in [0.2, 0.25) is 0 Å². The third-order valence-corrected chi connectivity index (χ3v) is 2.98. The molecule has 1 atom stereocenters. The summed E-state index contributed by atoms with van der Waals surface area (Å²) in [5.74, 6) is 1.38. The molecule has 1 aromatic rings. The maximum atomic E-state index is 5.99. The van der Waals surface area contributed by atoms with Crippen molar-refractivity contribution in [1.82, 2.24) is 9.78 Å². The molecule has 1 heterocycles. The van der Waals surface area contributed by atoms with Gasteiger partial charge in [-0.1, -0.05) is 0 Å². The molecule has 0 amide bonds. The zero-order valence-electron chi connectivity index (χ0n) is 9.83. The minimum atomic E-state index is -0.0232. The summed E-state index contributed by atoms with van der Waals surface area (Å²) in [5, 5.41) is 4.63. The van der Waals surface area contributed by atoms with E-state index in [2.05, 4.69) is 32.3 Å². The van der Waals surface area contributed by atoms with Crippen LogP contribution in [0.15, 0.2) is 6.07 Å². The van der Waals surface area contributed by atoms with Crippen molar-refractivity contribution in [3.05, 3.63) is 18.2 Å². The summed E-state index contributed by atoms with van der Waals surface area (Å²) in [5.41, 5.74) is 7.13. The second-order valence-electron chi connectivity index (χ2n) is 5.38. The molecule has 0 unspecified atom stereocenters. The van der Waals surface area contributed by atoms with E-state index in [9.17, 15) is 0 Å². The summed E-state index contributed by atoms with van der Waals surface area (Å²) >= 11 is 0. The smallest absolute Gasteiger partial charge is 0.122 e. The van der Waals surface area contributed by atoms with E-state index in [-0.39, 0.29) is 5.54 Å². The molecule has 83 valence electrons. The van der Waals surface area contributed by atoms with Crippen LogP contribution in [0.1, 0.15) is 51.6 Å². The van der Waals surface area contributed by atoms with Crippen LogP contribution in [0.25, 0.3) is 0 Å². The van der Waals surface area contributed by atoms with E-state index < -0.39 is 0 Å². The molecule has 0 aromatic carbocycles. The maximum Gasteiger partial charge on any atom is 0.122 e. The van der Waals surface area contributed by atoms with Crippen molar-refractivity contribution in [2.45, 2.75) is 51.5 Å². The summed E-state index contributed by atoms with van der Waals surface area (Å²) in [4.78, 5) is 0. The Balaban J connectivity index is 2.28. The summed E-state index contributed by atoms with van der Waals surface area (Å²) in [7, 11) is 0. The highest BCUT2D eigenvalue weighted by Gasteiger charge is 2.24. The van der Waals surface area contributed by atoms with Crippen molar-refractivity contribution in [3.63, 3.8) is 0 Å². The molecule has 1 aliphatic carbocycles. The molecule has 1 aliphatic rings. The molecule has 2 N–H and O–H groups in total. The van der Waals surface area contributed by atoms with Crippen molar-refractivity contribution in [1.29, 1.82) is 0 Å². The van der Waals surface area contributed by atoms with E-state index in [1.807, 2.05) is 10.7 Å². The Morgan fingerprint density at radius 1 is 1.47 bits per heavy atom. The fourth-order valence-electron chi connectivity index (χ4n) is 2.18. The van der Waals surface area contributed by atoms with Gasteiger partial charge in [-0.2, -0.15) is 5.10 Å². The van der Waals surface area contributed by atoms with Crippen LogP contribution in [0, 0.1) is 6.42 Å². The Hall–Kier alpha value is -0.990. The molecule has 0 aliphatic heterocycles. The average molecular weight is 206 g/mol. The van der Waals surface area contributed by atoms with Crippen LogP contribution in [0.2, 0.25) is 0 Å². The number of nitrogens with two attached hydrogens (primary N) is 1. The molecule has 15 heavy (non-hydrogen) atoms. The van der Waals surface area contributed by atoms with Crippen molar-refractivity contribution in [2.24, 2.45) is 0 Å². The number of rotatable bonds is 1. The monoisotopic (exact) mass is 206 g/mol. The van der Waals surface area contributed by atoms with Gasteiger partial charge in [-0.3, -0.25) is 0 Å². The maximum absolute atomic E-state index is 5.99. The molecule has 0 bridgehead atoms. The molecule has 2 rings (SSSR count). The standard InChI is InChI=1S/C12H20N3/c1-12(2,3)15-11(13)8-10(14-15)9-6-4-5-7-9/h4,8-9H,5-7,13H2,1-3H3/t9-/m1/s1. The third-order valence-electron chi connectivity index (χ3n) is 2.98. The number of nitrogens with zero attached hydrogens (tertiary/aromatic N) is 2. The molecule has 3 heteroatoms. The SMILES string of the molecule is CC(C)(C)n1nc([C@@H]2C[CH]CC2)cc1N. The minimum absolute atomic E-state index is 0.0232. The highest BCUT2D eigenvalue weighted by atomic mass is 15.3. The lowest BCUT2D eigenvalue weighted by molar-refractivity contribution is 0.357. The van der Waals surface area contributed by atoms with Gasteiger partial charge in [-0.15, -0.1) is 0 Å². The average Bonchev–Trinajstić information content (AvgIpc) is 2.68. The predicted octanol–water partition coefficient (Wildman–Crippen LogP) is 2.69. The van der Waals surface area contributed by atoms with E-state index in [4.69, 9.17) is 5.73 Å². The topological polar surface area (TPSA) is 43.8 Å². The molecule has 0 spiro atoms. The number of hydrogen-bond donors (Lipinski definition) is 1. The van der Waals surface area contributed by atoms with E-state index >= 15 is 0 Å². The molecular weight excluding hydrogens is 186 g/mol. The van der Waals surface area contributed by atoms with E-state index in [0.717, 1.165) is 17.9 Å². The van der Waals surface area contributed by atoms with Gasteiger partial charge in [0.1, 0.15) is 5.82 Å². The number of aromatic nitrogens is 2. The first-order valence-corrected chi connectivity index (χ1v) is 5.66. The van der Waals surface area contributed by atoms with Crippen LogP contribution in [0.3, 0.4) is 0 Å². The third kappa shape index (κ3) is 2.01. The molecule has 1 aromatic heterocycles. The largest absolute Gasteiger partial charge is 0.384 e. The lowest BCUT2D eigenvalue weighted by Crippen LogP contribution is -2.24. The quantitative estimate of drug-likeness (QED) is 0.767. The van der Waals surface area contributed by atoms with Crippen LogP contribution in [-0.4, -0.2) is 9.78 Å². The van der Waals surface area contributed by atoms with Gasteiger partial charge < -0.3 is 5.73 Å². The molecule has 0 saturated heterocycles. The van der Waals surface area contributed by atoms with Crippen molar-refractivity contribution < 1.29 is 0 Å². The van der Waals surface area contributed by atoms with Gasteiger partial charge in [-0.05, 0) is 46.5 Å². The van der Waals surface area contributed by atoms with Gasteiger partial charge in [0.05, 0.1) is 11.2 Å². The Labute approximate surface area is 91.7 Å². The van der Waals surface area contributed by atoms with Crippen LogP contribution in [0.4, 0.5) is 5.82 Å². The second kappa shape index (κ2) is 3.54. The molecule has 1 saturated carbocycles. The zero-order valence-corrected chi connectivity index (χ0v) is 9.83. The highest BCUT2D eigenvalue weighted by Crippen LogP contribution is 2.34. The van der Waals surface area contributed by atoms with Crippen molar-refractivity contribution in [3.8, 4) is 0 Å². The zero-order chi connectivity index (χ0) is 11.1. The van der Waals surface area contributed by atoms with Crippen LogP contribution >= 0.6 is 0 Å². The van der Waals surface area contributed by atoms with Crippen LogP contribution < -0.4 is 5.73 Å². The van der Waals surface area contributed by atoms with Gasteiger partial charge in [0, 0.05) is 12.0 Å². The van der Waals surface area contributed by atoms with E-state index in [1.165, 1.54) is 12.8 Å². The van der Waals surface area contributed by atoms with Crippen LogP contribution in [-0.2, 0) is 5.54 Å². The first kappa shape index (κ1) is 10.5. The fraction of sp³-hybridized carbons (Fsp3) is 0.667. The Morgan fingerprint density at radius 3 is 2.67 bits per heavy atom. The fourth-order valence-corrected chi connectivity index (χ4v) is 2.18. The van der Waals surface area contributed by atoms with Gasteiger partial charge in [0.15, 0.2) is 0 Å². The van der Waals surface area contributed by atoms with Crippen molar-refractivity contribution >= 4 is 5.82 Å². The molecule has 1 radical (unpaired) electrons. The summed E-state index contributed by atoms with van der Waals surface area (Å²) in [6, 6.07) is 2.04. The van der Waals surface area contributed by atoms with E-state index in [0.29, 0.717) is 5.92 Å². The first-order chi connectivity index (χ1) is 6.98. The van der Waals surface area contributed by atoms with E-state index in [1.54, 1.807) is 0 Å². The lowest BCUT2D eigenvalue weighted by Gasteiger charge is -2.20. The minimum Gasteiger partial charge on any atom is -0.384 e. The Morgan fingerprint density at radius 2 is 2.20 bits per heavy atom. The van der Waals surface area contributed by atoms with Gasteiger partial charge in [-0.25, -0.2) is 4.68 Å². The Bertz CT molecular complexity index is 340. The summed E-state index contributed by atoms with van der Waals surface area (Å²) in [6.07, 6.45) is 5.94. The normalized spacial score (nSPS) is 18.6. The second-order valence-corrected chi connectivity index (χ2v) is 5.38. The van der Waals surface area contributed by atoms with Gasteiger partial charge >= 0.3 is 0 Å². The summed E-state index contributed by atoms with van der Waals surface area (Å²) < 4.78 is 1.93. The lowest BCUT2D eigenvalue weighted by atomic mass is 10.1. The molecule has 1 fully saturated rings. The Kier molecular flexibility index (Phi) is 2.49.